The second-order valence-electron chi connectivity index (χ2n) is 3.67. The van der Waals surface area contributed by atoms with E-state index in [1.165, 1.54) is 0 Å². The van der Waals surface area contributed by atoms with Gasteiger partial charge in [0, 0.05) is 16.7 Å². The highest BCUT2D eigenvalue weighted by atomic mass is 79.9. The van der Waals surface area contributed by atoms with E-state index in [1.807, 2.05) is 25.1 Å². The number of aliphatic hydroxyl groups excluding tert-OH is 1. The number of pyridine rings is 1. The SMILES string of the molecule is Cc1ccc(Br)cc1Oc1cc(CO)ccn1. The van der Waals surface area contributed by atoms with Crippen LogP contribution in [0, 0.1) is 6.92 Å². The Bertz CT molecular complexity index is 529. The van der Waals surface area contributed by atoms with Crippen LogP contribution in [0.15, 0.2) is 41.0 Å². The van der Waals surface area contributed by atoms with Crippen molar-refractivity contribution in [3.8, 4) is 11.6 Å². The minimum atomic E-state index is -0.0175. The van der Waals surface area contributed by atoms with Gasteiger partial charge in [-0.05, 0) is 36.2 Å². The molecule has 2 aromatic rings. The molecule has 0 unspecified atom stereocenters. The summed E-state index contributed by atoms with van der Waals surface area (Å²) >= 11 is 3.40. The fraction of sp³-hybridized carbons (Fsp3) is 0.154. The van der Waals surface area contributed by atoms with Crippen molar-refractivity contribution < 1.29 is 9.84 Å². The summed E-state index contributed by atoms with van der Waals surface area (Å²) in [4.78, 5) is 4.10. The Labute approximate surface area is 108 Å². The Morgan fingerprint density at radius 3 is 2.88 bits per heavy atom. The monoisotopic (exact) mass is 293 g/mol. The number of rotatable bonds is 3. The summed E-state index contributed by atoms with van der Waals surface area (Å²) in [5.74, 6) is 1.24. The third-order valence-corrected chi connectivity index (χ3v) is 2.84. The molecule has 4 heteroatoms. The zero-order valence-electron chi connectivity index (χ0n) is 9.35. The lowest BCUT2D eigenvalue weighted by atomic mass is 10.2. The molecule has 1 aromatic heterocycles. The molecule has 0 aliphatic carbocycles. The number of halogens is 1. The van der Waals surface area contributed by atoms with Crippen LogP contribution in [0.1, 0.15) is 11.1 Å². The number of hydrogen-bond acceptors (Lipinski definition) is 3. The summed E-state index contributed by atoms with van der Waals surface area (Å²) in [5, 5.41) is 9.04. The molecule has 0 bridgehead atoms. The number of aliphatic hydroxyl groups is 1. The van der Waals surface area contributed by atoms with E-state index >= 15 is 0 Å². The van der Waals surface area contributed by atoms with Crippen molar-refractivity contribution >= 4 is 15.9 Å². The van der Waals surface area contributed by atoms with Gasteiger partial charge in [-0.15, -0.1) is 0 Å². The van der Waals surface area contributed by atoms with E-state index in [9.17, 15) is 0 Å². The van der Waals surface area contributed by atoms with E-state index in [1.54, 1.807) is 18.3 Å². The van der Waals surface area contributed by atoms with Crippen LogP contribution in [-0.2, 0) is 6.61 Å². The molecule has 1 heterocycles. The fourth-order valence-corrected chi connectivity index (χ4v) is 1.74. The van der Waals surface area contributed by atoms with Crippen molar-refractivity contribution in [1.29, 1.82) is 0 Å². The lowest BCUT2D eigenvalue weighted by molar-refractivity contribution is 0.281. The van der Waals surface area contributed by atoms with Gasteiger partial charge < -0.3 is 9.84 Å². The molecular weight excluding hydrogens is 282 g/mol. The van der Waals surface area contributed by atoms with Gasteiger partial charge >= 0.3 is 0 Å². The van der Waals surface area contributed by atoms with E-state index in [0.29, 0.717) is 5.88 Å². The Hall–Kier alpha value is -1.39. The van der Waals surface area contributed by atoms with Crippen LogP contribution in [0.25, 0.3) is 0 Å². The average molecular weight is 294 g/mol. The van der Waals surface area contributed by atoms with Crippen molar-refractivity contribution in [2.75, 3.05) is 0 Å². The molecule has 0 aliphatic heterocycles. The number of benzene rings is 1. The zero-order valence-corrected chi connectivity index (χ0v) is 10.9. The topological polar surface area (TPSA) is 42.4 Å². The predicted molar refractivity (Wildman–Crippen MR) is 69.1 cm³/mol. The predicted octanol–water partition coefficient (Wildman–Crippen LogP) is 3.44. The van der Waals surface area contributed by atoms with Crippen LogP contribution < -0.4 is 4.74 Å². The molecule has 1 aromatic carbocycles. The minimum Gasteiger partial charge on any atom is -0.439 e. The van der Waals surface area contributed by atoms with Gasteiger partial charge in [-0.2, -0.15) is 0 Å². The van der Waals surface area contributed by atoms with E-state index < -0.39 is 0 Å². The largest absolute Gasteiger partial charge is 0.439 e. The highest BCUT2D eigenvalue weighted by molar-refractivity contribution is 9.10. The lowest BCUT2D eigenvalue weighted by Gasteiger charge is -2.08. The first kappa shape index (κ1) is 12.1. The maximum Gasteiger partial charge on any atom is 0.219 e. The molecule has 0 radical (unpaired) electrons. The highest BCUT2D eigenvalue weighted by Crippen LogP contribution is 2.27. The molecule has 0 spiro atoms. The van der Waals surface area contributed by atoms with Crippen molar-refractivity contribution in [3.63, 3.8) is 0 Å². The molecule has 0 fully saturated rings. The van der Waals surface area contributed by atoms with E-state index in [4.69, 9.17) is 9.84 Å². The summed E-state index contributed by atoms with van der Waals surface area (Å²) in [7, 11) is 0. The molecule has 0 amide bonds. The van der Waals surface area contributed by atoms with Gasteiger partial charge in [0.15, 0.2) is 0 Å². The van der Waals surface area contributed by atoms with Crippen molar-refractivity contribution in [2.45, 2.75) is 13.5 Å². The normalized spacial score (nSPS) is 10.3. The number of nitrogens with zero attached hydrogens (tertiary/aromatic N) is 1. The van der Waals surface area contributed by atoms with Gasteiger partial charge in [-0.1, -0.05) is 22.0 Å². The van der Waals surface area contributed by atoms with Crippen LogP contribution in [-0.4, -0.2) is 10.1 Å². The van der Waals surface area contributed by atoms with Gasteiger partial charge in [-0.25, -0.2) is 4.98 Å². The molecule has 88 valence electrons. The minimum absolute atomic E-state index is 0.0175. The molecule has 17 heavy (non-hydrogen) atoms. The highest BCUT2D eigenvalue weighted by Gasteiger charge is 2.04. The molecule has 3 nitrogen and oxygen atoms in total. The first-order chi connectivity index (χ1) is 8.19. The molecule has 0 atom stereocenters. The van der Waals surface area contributed by atoms with Gasteiger partial charge in [0.2, 0.25) is 5.88 Å². The standard InChI is InChI=1S/C13H12BrNO2/c1-9-2-3-11(14)7-12(9)17-13-6-10(8-16)4-5-15-13/h2-7,16H,8H2,1H3. The van der Waals surface area contributed by atoms with Gasteiger partial charge in [-0.3, -0.25) is 0 Å². The van der Waals surface area contributed by atoms with Gasteiger partial charge in [0.25, 0.3) is 0 Å². The summed E-state index contributed by atoms with van der Waals surface area (Å²) in [5.41, 5.74) is 1.81. The molecule has 0 aliphatic rings. The van der Waals surface area contributed by atoms with Crippen LogP contribution in [0.5, 0.6) is 11.6 Å². The number of aryl methyl sites for hydroxylation is 1. The molecule has 0 saturated carbocycles. The number of hydrogen-bond donors (Lipinski definition) is 1. The van der Waals surface area contributed by atoms with Crippen LogP contribution in [0.3, 0.4) is 0 Å². The fourth-order valence-electron chi connectivity index (χ4n) is 1.40. The quantitative estimate of drug-likeness (QED) is 0.943. The Morgan fingerprint density at radius 2 is 2.12 bits per heavy atom. The first-order valence-corrected chi connectivity index (χ1v) is 5.98. The maximum absolute atomic E-state index is 9.04. The van der Waals surface area contributed by atoms with E-state index in [-0.39, 0.29) is 6.61 Å². The van der Waals surface area contributed by atoms with Crippen LogP contribution >= 0.6 is 15.9 Å². The zero-order chi connectivity index (χ0) is 12.3. The number of ether oxygens (including phenoxy) is 1. The van der Waals surface area contributed by atoms with Crippen LogP contribution in [0.2, 0.25) is 0 Å². The summed E-state index contributed by atoms with van der Waals surface area (Å²) < 4.78 is 6.64. The first-order valence-electron chi connectivity index (χ1n) is 5.19. The van der Waals surface area contributed by atoms with Gasteiger partial charge in [0.1, 0.15) is 5.75 Å². The molecular formula is C13H12BrNO2. The average Bonchev–Trinajstić information content (AvgIpc) is 2.34. The van der Waals surface area contributed by atoms with Crippen molar-refractivity contribution in [1.82, 2.24) is 4.98 Å². The summed E-state index contributed by atoms with van der Waals surface area (Å²) in [6.45, 7) is 1.95. The summed E-state index contributed by atoms with van der Waals surface area (Å²) in [6.07, 6.45) is 1.62. The van der Waals surface area contributed by atoms with Crippen LogP contribution in [0.4, 0.5) is 0 Å². The second kappa shape index (κ2) is 5.29. The Kier molecular flexibility index (Phi) is 3.76. The molecule has 1 N–H and O–H groups in total. The van der Waals surface area contributed by atoms with E-state index in [2.05, 4.69) is 20.9 Å². The van der Waals surface area contributed by atoms with Gasteiger partial charge in [0.05, 0.1) is 6.61 Å². The van der Waals surface area contributed by atoms with Crippen molar-refractivity contribution in [2.24, 2.45) is 0 Å². The van der Waals surface area contributed by atoms with Crippen molar-refractivity contribution in [3.05, 3.63) is 52.1 Å². The molecule has 2 rings (SSSR count). The maximum atomic E-state index is 9.04. The van der Waals surface area contributed by atoms with E-state index in [0.717, 1.165) is 21.3 Å². The Balaban J connectivity index is 2.27. The summed E-state index contributed by atoms with van der Waals surface area (Å²) in [6, 6.07) is 9.29. The third kappa shape index (κ3) is 3.05. The number of aromatic nitrogens is 1. The molecule has 0 saturated heterocycles. The lowest BCUT2D eigenvalue weighted by Crippen LogP contribution is -1.92. The smallest absolute Gasteiger partial charge is 0.219 e. The second-order valence-corrected chi connectivity index (χ2v) is 4.59. The Morgan fingerprint density at radius 1 is 1.29 bits per heavy atom. The third-order valence-electron chi connectivity index (χ3n) is 2.35.